The number of aliphatic hydroxyl groups is 1. The zero-order valence-corrected chi connectivity index (χ0v) is 11.1. The van der Waals surface area contributed by atoms with Crippen LogP contribution in [-0.2, 0) is 4.74 Å². The predicted octanol–water partition coefficient (Wildman–Crippen LogP) is 2.18. The number of ether oxygens (including phenoxy) is 1. The fourth-order valence-corrected chi connectivity index (χ4v) is 3.20. The Hall–Kier alpha value is -0.120. The lowest BCUT2D eigenvalue weighted by Crippen LogP contribution is -2.46. The number of rotatable bonds is 1. The second kappa shape index (κ2) is 6.72. The highest BCUT2D eigenvalue weighted by atomic mass is 16.5. The number of hydrogen-bond acceptors (Lipinski definition) is 3. The minimum absolute atomic E-state index is 0.124. The molecule has 0 amide bonds. The predicted molar refractivity (Wildman–Crippen MR) is 69.1 cm³/mol. The molecule has 17 heavy (non-hydrogen) atoms. The zero-order valence-electron chi connectivity index (χ0n) is 11.1. The molecule has 3 unspecified atom stereocenters. The second-order valence-corrected chi connectivity index (χ2v) is 5.66. The zero-order chi connectivity index (χ0) is 12.1. The van der Waals surface area contributed by atoms with Crippen LogP contribution in [0.4, 0.5) is 0 Å². The Morgan fingerprint density at radius 2 is 1.82 bits per heavy atom. The highest BCUT2D eigenvalue weighted by molar-refractivity contribution is 4.83. The van der Waals surface area contributed by atoms with Gasteiger partial charge in [0.2, 0.25) is 0 Å². The summed E-state index contributed by atoms with van der Waals surface area (Å²) in [6.07, 6.45) is 8.53. The van der Waals surface area contributed by atoms with Gasteiger partial charge in [-0.2, -0.15) is 0 Å². The molecular formula is C14H27NO2. The van der Waals surface area contributed by atoms with E-state index in [2.05, 4.69) is 11.8 Å². The van der Waals surface area contributed by atoms with Crippen molar-refractivity contribution in [3.05, 3.63) is 0 Å². The van der Waals surface area contributed by atoms with Gasteiger partial charge in [-0.25, -0.2) is 0 Å². The maximum Gasteiger partial charge on any atom is 0.0695 e. The molecule has 1 N–H and O–H groups in total. The molecular weight excluding hydrogens is 214 g/mol. The van der Waals surface area contributed by atoms with E-state index >= 15 is 0 Å². The highest BCUT2D eigenvalue weighted by Crippen LogP contribution is 2.23. The van der Waals surface area contributed by atoms with Crippen LogP contribution in [0.1, 0.15) is 51.9 Å². The first-order chi connectivity index (χ1) is 8.27. The van der Waals surface area contributed by atoms with Gasteiger partial charge in [0.1, 0.15) is 0 Å². The minimum Gasteiger partial charge on any atom is -0.391 e. The Morgan fingerprint density at radius 1 is 1.06 bits per heavy atom. The third kappa shape index (κ3) is 3.94. The third-order valence-corrected chi connectivity index (χ3v) is 4.15. The van der Waals surface area contributed by atoms with Crippen molar-refractivity contribution in [1.82, 2.24) is 4.90 Å². The fourth-order valence-electron chi connectivity index (χ4n) is 3.20. The van der Waals surface area contributed by atoms with Crippen molar-refractivity contribution in [2.24, 2.45) is 0 Å². The summed E-state index contributed by atoms with van der Waals surface area (Å²) < 4.78 is 5.69. The van der Waals surface area contributed by atoms with Crippen molar-refractivity contribution in [2.75, 3.05) is 19.7 Å². The fraction of sp³-hybridized carbons (Fsp3) is 1.00. The van der Waals surface area contributed by atoms with Crippen LogP contribution in [0.5, 0.6) is 0 Å². The Morgan fingerprint density at radius 3 is 2.65 bits per heavy atom. The van der Waals surface area contributed by atoms with Crippen molar-refractivity contribution in [3.63, 3.8) is 0 Å². The molecule has 3 nitrogen and oxygen atoms in total. The molecule has 3 heteroatoms. The Bertz CT molecular complexity index is 222. The lowest BCUT2D eigenvalue weighted by molar-refractivity contribution is 0.0132. The standard InChI is InChI=1S/C14H27NO2/c1-12-11-15(9-6-10-17-12)13-7-4-2-3-5-8-14(13)16/h12-14,16H,2-11H2,1H3. The molecule has 100 valence electrons. The van der Waals surface area contributed by atoms with Crippen LogP contribution in [0.15, 0.2) is 0 Å². The summed E-state index contributed by atoms with van der Waals surface area (Å²) in [6, 6.07) is 0.374. The van der Waals surface area contributed by atoms with Gasteiger partial charge in [0.05, 0.1) is 12.2 Å². The van der Waals surface area contributed by atoms with Crippen LogP contribution in [0.2, 0.25) is 0 Å². The summed E-state index contributed by atoms with van der Waals surface area (Å²) in [5.74, 6) is 0. The quantitative estimate of drug-likeness (QED) is 0.764. The smallest absolute Gasteiger partial charge is 0.0695 e. The Kier molecular flexibility index (Phi) is 5.26. The Labute approximate surface area is 105 Å². The molecule has 1 heterocycles. The highest BCUT2D eigenvalue weighted by Gasteiger charge is 2.28. The van der Waals surface area contributed by atoms with E-state index in [4.69, 9.17) is 4.74 Å². The van der Waals surface area contributed by atoms with E-state index in [1.54, 1.807) is 0 Å². The van der Waals surface area contributed by atoms with Crippen LogP contribution in [0.3, 0.4) is 0 Å². The van der Waals surface area contributed by atoms with Crippen LogP contribution < -0.4 is 0 Å². The van der Waals surface area contributed by atoms with Crippen LogP contribution in [0.25, 0.3) is 0 Å². The molecule has 0 radical (unpaired) electrons. The number of aliphatic hydroxyl groups excluding tert-OH is 1. The lowest BCUT2D eigenvalue weighted by atomic mass is 9.93. The molecule has 0 aromatic carbocycles. The van der Waals surface area contributed by atoms with Gasteiger partial charge >= 0.3 is 0 Å². The summed E-state index contributed by atoms with van der Waals surface area (Å²) in [7, 11) is 0. The summed E-state index contributed by atoms with van der Waals surface area (Å²) >= 11 is 0. The molecule has 1 aliphatic carbocycles. The van der Waals surface area contributed by atoms with Crippen molar-refractivity contribution in [1.29, 1.82) is 0 Å². The summed E-state index contributed by atoms with van der Waals surface area (Å²) in [5.41, 5.74) is 0. The normalized spacial score (nSPS) is 38.1. The maximum absolute atomic E-state index is 10.3. The van der Waals surface area contributed by atoms with Crippen molar-refractivity contribution in [3.8, 4) is 0 Å². The molecule has 2 rings (SSSR count). The van der Waals surface area contributed by atoms with Crippen molar-refractivity contribution >= 4 is 0 Å². The summed E-state index contributed by atoms with van der Waals surface area (Å²) in [5, 5.41) is 10.3. The number of nitrogens with zero attached hydrogens (tertiary/aromatic N) is 1. The van der Waals surface area contributed by atoms with Gasteiger partial charge in [0.25, 0.3) is 0 Å². The average Bonchev–Trinajstić information content (AvgIpc) is 2.49. The minimum atomic E-state index is -0.124. The molecule has 1 aliphatic heterocycles. The van der Waals surface area contributed by atoms with Gasteiger partial charge in [-0.3, -0.25) is 4.90 Å². The molecule has 3 atom stereocenters. The summed E-state index contributed by atoms with van der Waals surface area (Å²) in [6.45, 7) is 5.10. The first kappa shape index (κ1) is 13.3. The number of hydrogen-bond donors (Lipinski definition) is 1. The van der Waals surface area contributed by atoms with Gasteiger partial charge < -0.3 is 9.84 Å². The lowest BCUT2D eigenvalue weighted by Gasteiger charge is -2.36. The largest absolute Gasteiger partial charge is 0.391 e. The molecule has 0 aromatic heterocycles. The van der Waals surface area contributed by atoms with Crippen LogP contribution in [-0.4, -0.2) is 48.0 Å². The average molecular weight is 241 g/mol. The summed E-state index contributed by atoms with van der Waals surface area (Å²) in [4.78, 5) is 2.48. The van der Waals surface area contributed by atoms with Gasteiger partial charge in [-0.05, 0) is 26.2 Å². The molecule has 0 spiro atoms. The SMILES string of the molecule is CC1CN(C2CCCCCCC2O)CCCO1. The second-order valence-electron chi connectivity index (χ2n) is 5.66. The first-order valence-corrected chi connectivity index (χ1v) is 7.31. The van der Waals surface area contributed by atoms with Crippen LogP contribution >= 0.6 is 0 Å². The van der Waals surface area contributed by atoms with E-state index in [-0.39, 0.29) is 6.10 Å². The molecule has 2 fully saturated rings. The maximum atomic E-state index is 10.3. The Balaban J connectivity index is 1.95. The van der Waals surface area contributed by atoms with Gasteiger partial charge in [-0.15, -0.1) is 0 Å². The molecule has 1 saturated heterocycles. The van der Waals surface area contributed by atoms with Gasteiger partial charge in [0.15, 0.2) is 0 Å². The van der Waals surface area contributed by atoms with E-state index in [1.165, 1.54) is 25.7 Å². The molecule has 2 aliphatic rings. The topological polar surface area (TPSA) is 32.7 Å². The van der Waals surface area contributed by atoms with E-state index in [9.17, 15) is 5.11 Å². The van der Waals surface area contributed by atoms with Crippen molar-refractivity contribution < 1.29 is 9.84 Å². The van der Waals surface area contributed by atoms with Crippen LogP contribution in [0, 0.1) is 0 Å². The third-order valence-electron chi connectivity index (χ3n) is 4.15. The molecule has 1 saturated carbocycles. The van der Waals surface area contributed by atoms with E-state index in [1.807, 2.05) is 0 Å². The first-order valence-electron chi connectivity index (χ1n) is 7.31. The van der Waals surface area contributed by atoms with Gasteiger partial charge in [0, 0.05) is 25.7 Å². The van der Waals surface area contributed by atoms with Crippen molar-refractivity contribution in [2.45, 2.75) is 70.1 Å². The van der Waals surface area contributed by atoms with E-state index in [0.29, 0.717) is 12.1 Å². The van der Waals surface area contributed by atoms with E-state index < -0.39 is 0 Å². The molecule has 0 aromatic rings. The van der Waals surface area contributed by atoms with Gasteiger partial charge in [-0.1, -0.05) is 25.7 Å². The molecule has 0 bridgehead atoms. The van der Waals surface area contributed by atoms with E-state index in [0.717, 1.165) is 39.0 Å². The monoisotopic (exact) mass is 241 g/mol.